The topological polar surface area (TPSA) is 47.7 Å². The summed E-state index contributed by atoms with van der Waals surface area (Å²) >= 11 is 0. The third-order valence-electron chi connectivity index (χ3n) is 4.06. The van der Waals surface area contributed by atoms with E-state index >= 15 is 0 Å². The second-order valence-corrected chi connectivity index (χ2v) is 5.40. The lowest BCUT2D eigenvalue weighted by Gasteiger charge is -2.27. The molecule has 1 saturated heterocycles. The molecule has 1 fully saturated rings. The average molecular weight is 284 g/mol. The van der Waals surface area contributed by atoms with Crippen LogP contribution in [0, 0.1) is 17.6 Å². The zero-order chi connectivity index (χ0) is 14.3. The summed E-state index contributed by atoms with van der Waals surface area (Å²) < 4.78 is 39.0. The third-order valence-corrected chi connectivity index (χ3v) is 4.06. The summed E-state index contributed by atoms with van der Waals surface area (Å²) in [5.41, 5.74) is 5.95. The Labute approximate surface area is 116 Å². The molecule has 20 heavy (non-hydrogen) atoms. The van der Waals surface area contributed by atoms with Crippen molar-refractivity contribution in [3.05, 3.63) is 23.3 Å². The van der Waals surface area contributed by atoms with Gasteiger partial charge in [0.2, 0.25) is 0 Å². The van der Waals surface area contributed by atoms with Gasteiger partial charge in [-0.25, -0.2) is 8.78 Å². The number of fused-ring (bicyclic) bond motifs is 1. The summed E-state index contributed by atoms with van der Waals surface area (Å²) in [6.45, 7) is 2.01. The first kappa shape index (κ1) is 13.6. The highest BCUT2D eigenvalue weighted by Crippen LogP contribution is 2.45. The van der Waals surface area contributed by atoms with E-state index in [4.69, 9.17) is 15.2 Å². The fourth-order valence-electron chi connectivity index (χ4n) is 3.07. The summed E-state index contributed by atoms with van der Waals surface area (Å²) in [5.74, 6) is -0.829. The van der Waals surface area contributed by atoms with Crippen molar-refractivity contribution >= 4 is 0 Å². The fraction of sp³-hybridized carbons (Fsp3) is 0.571. The van der Waals surface area contributed by atoms with Crippen molar-refractivity contribution in [2.24, 2.45) is 11.7 Å². The molecule has 0 amide bonds. The third kappa shape index (κ3) is 2.13. The Morgan fingerprint density at radius 1 is 1.35 bits per heavy atom. The second-order valence-electron chi connectivity index (χ2n) is 5.40. The van der Waals surface area contributed by atoms with Crippen LogP contribution in [0.2, 0.25) is 0 Å². The molecule has 0 spiro atoms. The summed E-state index contributed by atoms with van der Waals surface area (Å²) in [4.78, 5) is 1.99. The van der Waals surface area contributed by atoms with Gasteiger partial charge in [0.05, 0.1) is 5.56 Å². The van der Waals surface area contributed by atoms with Crippen LogP contribution in [0.25, 0.3) is 0 Å². The molecule has 3 rings (SSSR count). The molecule has 2 atom stereocenters. The highest BCUT2D eigenvalue weighted by atomic mass is 19.2. The van der Waals surface area contributed by atoms with E-state index in [9.17, 15) is 8.78 Å². The Hall–Kier alpha value is -1.40. The van der Waals surface area contributed by atoms with Gasteiger partial charge in [0, 0.05) is 18.7 Å². The Morgan fingerprint density at radius 3 is 2.80 bits per heavy atom. The van der Waals surface area contributed by atoms with Crippen LogP contribution >= 0.6 is 0 Å². The SMILES string of the molecule is CN1CC(CN)CC1c1c(F)c(F)cc2c1OCCO2. The van der Waals surface area contributed by atoms with Gasteiger partial charge in [-0.15, -0.1) is 0 Å². The van der Waals surface area contributed by atoms with Crippen LogP contribution in [0.3, 0.4) is 0 Å². The van der Waals surface area contributed by atoms with Crippen LogP contribution in [0.1, 0.15) is 18.0 Å². The number of nitrogens with zero attached hydrogens (tertiary/aromatic N) is 1. The van der Waals surface area contributed by atoms with Gasteiger partial charge in [0.1, 0.15) is 13.2 Å². The largest absolute Gasteiger partial charge is 0.486 e. The molecule has 0 saturated carbocycles. The van der Waals surface area contributed by atoms with Crippen molar-refractivity contribution in [3.8, 4) is 11.5 Å². The van der Waals surface area contributed by atoms with Crippen molar-refractivity contribution < 1.29 is 18.3 Å². The van der Waals surface area contributed by atoms with Crippen LogP contribution in [0.5, 0.6) is 11.5 Å². The van der Waals surface area contributed by atoms with Gasteiger partial charge in [0.25, 0.3) is 0 Å². The maximum Gasteiger partial charge on any atom is 0.169 e. The number of halogens is 2. The van der Waals surface area contributed by atoms with Crippen LogP contribution in [0.15, 0.2) is 6.07 Å². The quantitative estimate of drug-likeness (QED) is 0.898. The summed E-state index contributed by atoms with van der Waals surface area (Å²) in [7, 11) is 1.89. The lowest BCUT2D eigenvalue weighted by molar-refractivity contribution is 0.162. The molecule has 0 bridgehead atoms. The molecule has 110 valence electrons. The van der Waals surface area contributed by atoms with Crippen molar-refractivity contribution in [1.82, 2.24) is 4.90 Å². The van der Waals surface area contributed by atoms with Crippen molar-refractivity contribution in [2.75, 3.05) is 33.4 Å². The molecule has 2 aliphatic heterocycles. The normalized spacial score (nSPS) is 26.0. The van der Waals surface area contributed by atoms with E-state index in [1.807, 2.05) is 11.9 Å². The number of hydrogen-bond donors (Lipinski definition) is 1. The average Bonchev–Trinajstić information content (AvgIpc) is 2.81. The summed E-state index contributed by atoms with van der Waals surface area (Å²) in [5, 5.41) is 0. The van der Waals surface area contributed by atoms with E-state index in [-0.39, 0.29) is 23.3 Å². The van der Waals surface area contributed by atoms with Gasteiger partial charge in [-0.05, 0) is 25.9 Å². The molecule has 4 nitrogen and oxygen atoms in total. The van der Waals surface area contributed by atoms with Gasteiger partial charge in [-0.3, -0.25) is 4.90 Å². The van der Waals surface area contributed by atoms with Gasteiger partial charge >= 0.3 is 0 Å². The lowest BCUT2D eigenvalue weighted by Crippen LogP contribution is -2.24. The molecule has 2 unspecified atom stereocenters. The molecule has 2 aliphatic rings. The van der Waals surface area contributed by atoms with Crippen LogP contribution in [-0.2, 0) is 0 Å². The first-order chi connectivity index (χ1) is 9.61. The second kappa shape index (κ2) is 5.18. The van der Waals surface area contributed by atoms with Crippen molar-refractivity contribution in [3.63, 3.8) is 0 Å². The van der Waals surface area contributed by atoms with E-state index in [1.165, 1.54) is 0 Å². The maximum atomic E-state index is 14.3. The molecule has 0 radical (unpaired) electrons. The van der Waals surface area contributed by atoms with Crippen LogP contribution in [-0.4, -0.2) is 38.3 Å². The minimum atomic E-state index is -0.895. The zero-order valence-corrected chi connectivity index (χ0v) is 11.4. The van der Waals surface area contributed by atoms with Gasteiger partial charge in [0.15, 0.2) is 23.1 Å². The molecule has 0 aliphatic carbocycles. The molecular weight excluding hydrogens is 266 g/mol. The van der Waals surface area contributed by atoms with Gasteiger partial charge < -0.3 is 15.2 Å². The number of likely N-dealkylation sites (tertiary alicyclic amines) is 1. The first-order valence-electron chi connectivity index (χ1n) is 6.79. The predicted octanol–water partition coefficient (Wildman–Crippen LogP) is 1.69. The van der Waals surface area contributed by atoms with E-state index in [2.05, 4.69) is 0 Å². The number of benzene rings is 1. The molecule has 2 heterocycles. The fourth-order valence-corrected chi connectivity index (χ4v) is 3.07. The zero-order valence-electron chi connectivity index (χ0n) is 11.4. The Bertz CT molecular complexity index is 524. The highest BCUT2D eigenvalue weighted by Gasteiger charge is 2.36. The number of hydrogen-bond acceptors (Lipinski definition) is 4. The highest BCUT2D eigenvalue weighted by molar-refractivity contribution is 5.50. The van der Waals surface area contributed by atoms with Crippen molar-refractivity contribution in [1.29, 1.82) is 0 Å². The number of ether oxygens (including phenoxy) is 2. The summed E-state index contributed by atoms with van der Waals surface area (Å²) in [6.07, 6.45) is 0.698. The van der Waals surface area contributed by atoms with E-state index in [0.29, 0.717) is 31.9 Å². The van der Waals surface area contributed by atoms with Gasteiger partial charge in [-0.2, -0.15) is 0 Å². The monoisotopic (exact) mass is 284 g/mol. The Kier molecular flexibility index (Phi) is 3.52. The summed E-state index contributed by atoms with van der Waals surface area (Å²) in [6, 6.07) is 0.831. The van der Waals surface area contributed by atoms with E-state index < -0.39 is 11.6 Å². The minimum absolute atomic E-state index is 0.227. The van der Waals surface area contributed by atoms with Crippen LogP contribution in [0.4, 0.5) is 8.78 Å². The Morgan fingerprint density at radius 2 is 2.10 bits per heavy atom. The standard InChI is InChI=1S/C14H18F2N2O2/c1-18-7-8(6-17)4-10(18)12-13(16)9(15)5-11-14(12)20-3-2-19-11/h5,8,10H,2-4,6-7,17H2,1H3. The Balaban J connectivity index is 2.06. The van der Waals surface area contributed by atoms with E-state index in [0.717, 1.165) is 12.6 Å². The number of nitrogens with two attached hydrogens (primary N) is 1. The molecule has 0 aromatic heterocycles. The molecular formula is C14H18F2N2O2. The molecule has 1 aromatic carbocycles. The van der Waals surface area contributed by atoms with Crippen molar-refractivity contribution in [2.45, 2.75) is 12.5 Å². The molecule has 1 aromatic rings. The first-order valence-corrected chi connectivity index (χ1v) is 6.79. The lowest BCUT2D eigenvalue weighted by atomic mass is 9.97. The van der Waals surface area contributed by atoms with Crippen LogP contribution < -0.4 is 15.2 Å². The maximum absolute atomic E-state index is 14.3. The smallest absolute Gasteiger partial charge is 0.169 e. The molecule has 6 heteroatoms. The van der Waals surface area contributed by atoms with E-state index in [1.54, 1.807) is 0 Å². The van der Waals surface area contributed by atoms with Gasteiger partial charge in [-0.1, -0.05) is 0 Å². The minimum Gasteiger partial charge on any atom is -0.486 e. The molecule has 2 N–H and O–H groups in total. The number of rotatable bonds is 2. The predicted molar refractivity (Wildman–Crippen MR) is 69.9 cm³/mol.